The van der Waals surface area contributed by atoms with E-state index in [4.69, 9.17) is 9.47 Å². The topological polar surface area (TPSA) is 59.6 Å². The number of ether oxygens (including phenoxy) is 2. The molecule has 4 rings (SSSR count). The quantitative estimate of drug-likeness (QED) is 0.860. The first kappa shape index (κ1) is 18.5. The summed E-state index contributed by atoms with van der Waals surface area (Å²) in [6, 6.07) is 7.72. The van der Waals surface area contributed by atoms with E-state index >= 15 is 0 Å². The molecule has 25 heavy (non-hydrogen) atoms. The van der Waals surface area contributed by atoms with Gasteiger partial charge in [0.2, 0.25) is 5.91 Å². The van der Waals surface area contributed by atoms with Crippen molar-refractivity contribution in [3.63, 3.8) is 0 Å². The Morgan fingerprint density at radius 3 is 2.84 bits per heavy atom. The predicted molar refractivity (Wildman–Crippen MR) is 99.4 cm³/mol. The van der Waals surface area contributed by atoms with E-state index in [1.165, 1.54) is 6.42 Å². The zero-order valence-corrected chi connectivity index (χ0v) is 15.3. The fourth-order valence-electron chi connectivity index (χ4n) is 4.36. The minimum Gasteiger partial charge on any atom is -0.488 e. The van der Waals surface area contributed by atoms with E-state index < -0.39 is 0 Å². The molecule has 1 amide bonds. The number of anilines is 1. The normalized spacial score (nSPS) is 31.0. The van der Waals surface area contributed by atoms with E-state index in [2.05, 4.69) is 10.6 Å². The Hall–Kier alpha value is -1.30. The number of nitrogens with one attached hydrogen (secondary N) is 2. The third kappa shape index (κ3) is 3.78. The Labute approximate surface area is 155 Å². The Balaban J connectivity index is 0.00000182. The maximum atomic E-state index is 12.9. The number of carbonyl (C=O) groups excluding carboxylic acids is 1. The standard InChI is InChI=1S/C19H26N2O3.ClH/c22-18(19-9-2-1-3-14(19)11-20-13-19)21-15-4-6-16(7-5-15)24-17-8-10-23-12-17;/h4-7,14,17,20H,1-3,8-13H2,(H,21,22);1H/t14-,17?,19+;/m0./s1. The lowest BCUT2D eigenvalue weighted by Crippen LogP contribution is -2.44. The fraction of sp³-hybridized carbons (Fsp3) is 0.632. The Kier molecular flexibility index (Phi) is 5.87. The molecule has 2 saturated heterocycles. The lowest BCUT2D eigenvalue weighted by atomic mass is 9.67. The lowest BCUT2D eigenvalue weighted by Gasteiger charge is -2.37. The first-order chi connectivity index (χ1) is 11.8. The van der Waals surface area contributed by atoms with Crippen molar-refractivity contribution in [2.24, 2.45) is 11.3 Å². The number of carbonyl (C=O) groups is 1. The van der Waals surface area contributed by atoms with Gasteiger partial charge < -0.3 is 20.1 Å². The second-order valence-corrected chi connectivity index (χ2v) is 7.31. The minimum absolute atomic E-state index is 0. The van der Waals surface area contributed by atoms with Gasteiger partial charge in [-0.05, 0) is 49.6 Å². The zero-order chi connectivity index (χ0) is 16.4. The Morgan fingerprint density at radius 2 is 2.08 bits per heavy atom. The van der Waals surface area contributed by atoms with E-state index in [0.717, 1.165) is 56.8 Å². The fourth-order valence-corrected chi connectivity index (χ4v) is 4.36. The number of hydrogen-bond donors (Lipinski definition) is 2. The molecule has 1 aromatic rings. The van der Waals surface area contributed by atoms with E-state index in [0.29, 0.717) is 12.5 Å². The summed E-state index contributed by atoms with van der Waals surface area (Å²) in [4.78, 5) is 12.9. The van der Waals surface area contributed by atoms with Crippen molar-refractivity contribution in [3.05, 3.63) is 24.3 Å². The summed E-state index contributed by atoms with van der Waals surface area (Å²) in [5, 5.41) is 6.56. The Bertz CT molecular complexity index is 589. The third-order valence-corrected chi connectivity index (χ3v) is 5.79. The molecule has 3 atom stereocenters. The van der Waals surface area contributed by atoms with Crippen LogP contribution in [0.3, 0.4) is 0 Å². The van der Waals surface area contributed by atoms with Crippen molar-refractivity contribution in [2.75, 3.05) is 31.6 Å². The second-order valence-electron chi connectivity index (χ2n) is 7.31. The van der Waals surface area contributed by atoms with Crippen LogP contribution < -0.4 is 15.4 Å². The molecule has 3 aliphatic rings. The first-order valence-electron chi connectivity index (χ1n) is 9.13. The van der Waals surface area contributed by atoms with Crippen LogP contribution in [-0.2, 0) is 9.53 Å². The maximum Gasteiger partial charge on any atom is 0.232 e. The van der Waals surface area contributed by atoms with E-state index in [1.807, 2.05) is 24.3 Å². The molecule has 1 saturated carbocycles. The average Bonchev–Trinajstić information content (AvgIpc) is 3.26. The smallest absolute Gasteiger partial charge is 0.232 e. The lowest BCUT2D eigenvalue weighted by molar-refractivity contribution is -0.128. The van der Waals surface area contributed by atoms with E-state index in [1.54, 1.807) is 0 Å². The van der Waals surface area contributed by atoms with Crippen LogP contribution in [0.2, 0.25) is 0 Å². The van der Waals surface area contributed by atoms with Gasteiger partial charge in [-0.15, -0.1) is 12.4 Å². The molecule has 1 unspecified atom stereocenters. The highest BCUT2D eigenvalue weighted by atomic mass is 35.5. The molecule has 0 radical (unpaired) electrons. The van der Waals surface area contributed by atoms with Crippen molar-refractivity contribution in [1.29, 1.82) is 0 Å². The molecule has 6 heteroatoms. The minimum atomic E-state index is -0.214. The van der Waals surface area contributed by atoms with Gasteiger partial charge in [0.25, 0.3) is 0 Å². The van der Waals surface area contributed by atoms with Crippen molar-refractivity contribution in [3.8, 4) is 5.75 Å². The van der Waals surface area contributed by atoms with Gasteiger partial charge in [0.15, 0.2) is 0 Å². The van der Waals surface area contributed by atoms with Gasteiger partial charge in [-0.1, -0.05) is 12.8 Å². The summed E-state index contributed by atoms with van der Waals surface area (Å²) in [5.41, 5.74) is 0.634. The first-order valence-corrected chi connectivity index (χ1v) is 9.13. The summed E-state index contributed by atoms with van der Waals surface area (Å²) < 4.78 is 11.2. The molecular formula is C19H27ClN2O3. The van der Waals surface area contributed by atoms with Crippen LogP contribution in [0, 0.1) is 11.3 Å². The van der Waals surface area contributed by atoms with Gasteiger partial charge in [-0.3, -0.25) is 4.79 Å². The molecule has 0 aromatic heterocycles. The average molecular weight is 367 g/mol. The van der Waals surface area contributed by atoms with Crippen LogP contribution in [-0.4, -0.2) is 38.3 Å². The van der Waals surface area contributed by atoms with Gasteiger partial charge in [-0.2, -0.15) is 0 Å². The van der Waals surface area contributed by atoms with Crippen molar-refractivity contribution < 1.29 is 14.3 Å². The SMILES string of the molecule is Cl.O=C(Nc1ccc(OC2CCOC2)cc1)[C@@]12CCCC[C@H]1CNC2. The van der Waals surface area contributed by atoms with Crippen LogP contribution >= 0.6 is 12.4 Å². The molecule has 2 N–H and O–H groups in total. The molecule has 2 aliphatic heterocycles. The summed E-state index contributed by atoms with van der Waals surface area (Å²) in [7, 11) is 0. The molecule has 2 heterocycles. The molecule has 1 aromatic carbocycles. The zero-order valence-electron chi connectivity index (χ0n) is 14.5. The summed E-state index contributed by atoms with van der Waals surface area (Å²) in [5.74, 6) is 1.49. The van der Waals surface area contributed by atoms with Gasteiger partial charge in [0, 0.05) is 18.7 Å². The monoisotopic (exact) mass is 366 g/mol. The van der Waals surface area contributed by atoms with Crippen LogP contribution in [0.15, 0.2) is 24.3 Å². The number of benzene rings is 1. The van der Waals surface area contributed by atoms with Gasteiger partial charge in [-0.25, -0.2) is 0 Å². The van der Waals surface area contributed by atoms with Crippen LogP contribution in [0.1, 0.15) is 32.1 Å². The third-order valence-electron chi connectivity index (χ3n) is 5.79. The number of fused-ring (bicyclic) bond motifs is 1. The van der Waals surface area contributed by atoms with Crippen LogP contribution in [0.4, 0.5) is 5.69 Å². The summed E-state index contributed by atoms with van der Waals surface area (Å²) in [6.07, 6.45) is 5.66. The number of rotatable bonds is 4. The Morgan fingerprint density at radius 1 is 1.24 bits per heavy atom. The maximum absolute atomic E-state index is 12.9. The highest BCUT2D eigenvalue weighted by molar-refractivity contribution is 5.96. The molecule has 3 fully saturated rings. The number of amides is 1. The predicted octanol–water partition coefficient (Wildman–Crippen LogP) is 2.99. The van der Waals surface area contributed by atoms with E-state index in [-0.39, 0.29) is 29.8 Å². The van der Waals surface area contributed by atoms with Crippen molar-refractivity contribution >= 4 is 24.0 Å². The van der Waals surface area contributed by atoms with Crippen molar-refractivity contribution in [1.82, 2.24) is 5.32 Å². The number of halogens is 1. The molecule has 0 spiro atoms. The number of hydrogen-bond acceptors (Lipinski definition) is 4. The summed E-state index contributed by atoms with van der Waals surface area (Å²) >= 11 is 0. The van der Waals surface area contributed by atoms with Crippen LogP contribution in [0.25, 0.3) is 0 Å². The largest absolute Gasteiger partial charge is 0.488 e. The molecular weight excluding hydrogens is 340 g/mol. The molecule has 5 nitrogen and oxygen atoms in total. The molecule has 0 bridgehead atoms. The van der Waals surface area contributed by atoms with Gasteiger partial charge in [0.1, 0.15) is 11.9 Å². The highest BCUT2D eigenvalue weighted by Crippen LogP contribution is 2.44. The van der Waals surface area contributed by atoms with E-state index in [9.17, 15) is 4.79 Å². The molecule has 138 valence electrons. The van der Waals surface area contributed by atoms with Crippen LogP contribution in [0.5, 0.6) is 5.75 Å². The highest BCUT2D eigenvalue weighted by Gasteiger charge is 2.49. The van der Waals surface area contributed by atoms with Crippen molar-refractivity contribution in [2.45, 2.75) is 38.2 Å². The second kappa shape index (κ2) is 7.94. The van der Waals surface area contributed by atoms with Gasteiger partial charge in [0.05, 0.1) is 18.6 Å². The summed E-state index contributed by atoms with van der Waals surface area (Å²) in [6.45, 7) is 3.22. The van der Waals surface area contributed by atoms with Gasteiger partial charge >= 0.3 is 0 Å². The molecule has 1 aliphatic carbocycles.